The van der Waals surface area contributed by atoms with Crippen molar-refractivity contribution >= 4 is 44.4 Å². The molecule has 1 aliphatic heterocycles. The zero-order valence-corrected chi connectivity index (χ0v) is 20.2. The molecular formula is C22H20Cl2N6O3S. The molecular weight excluding hydrogens is 499 g/mol. The van der Waals surface area contributed by atoms with Crippen LogP contribution in [0, 0.1) is 0 Å². The Labute approximate surface area is 205 Å². The highest BCUT2D eigenvalue weighted by atomic mass is 35.5. The Morgan fingerprint density at radius 1 is 1.09 bits per heavy atom. The molecule has 4 aromatic rings. The first-order valence-corrected chi connectivity index (χ1v) is 12.8. The van der Waals surface area contributed by atoms with Gasteiger partial charge in [-0.1, -0.05) is 46.6 Å². The Balaban J connectivity index is 1.45. The highest BCUT2D eigenvalue weighted by molar-refractivity contribution is 7.89. The number of fused-ring (bicyclic) bond motifs is 1. The van der Waals surface area contributed by atoms with Gasteiger partial charge in [0.15, 0.2) is 11.2 Å². The first-order valence-electron chi connectivity index (χ1n) is 10.6. The van der Waals surface area contributed by atoms with Crippen LogP contribution in [-0.2, 0) is 16.6 Å². The normalized spacial score (nSPS) is 17.3. The van der Waals surface area contributed by atoms with Gasteiger partial charge in [0.2, 0.25) is 10.0 Å². The number of nitrogens with one attached hydrogen (secondary N) is 1. The predicted octanol–water partition coefficient (Wildman–Crippen LogP) is 3.44. The van der Waals surface area contributed by atoms with Crippen LogP contribution in [-0.4, -0.2) is 50.8 Å². The molecule has 5 rings (SSSR count). The smallest absolute Gasteiger partial charge is 0.281 e. The highest BCUT2D eigenvalue weighted by Crippen LogP contribution is 2.29. The summed E-state index contributed by atoms with van der Waals surface area (Å²) in [6, 6.07) is 13.5. The second-order valence-corrected chi connectivity index (χ2v) is 11.0. The molecule has 0 aliphatic carbocycles. The van der Waals surface area contributed by atoms with Crippen molar-refractivity contribution in [3.63, 3.8) is 0 Å². The van der Waals surface area contributed by atoms with Crippen LogP contribution in [0.15, 0.2) is 58.2 Å². The topological polar surface area (TPSA) is 114 Å². The third-order valence-corrected chi connectivity index (χ3v) is 8.19. The summed E-state index contributed by atoms with van der Waals surface area (Å²) >= 11 is 12.0. The molecule has 0 saturated carbocycles. The van der Waals surface area contributed by atoms with Crippen molar-refractivity contribution in [2.75, 3.05) is 13.1 Å². The maximum absolute atomic E-state index is 13.2. The van der Waals surface area contributed by atoms with Crippen LogP contribution in [0.1, 0.15) is 30.1 Å². The lowest BCUT2D eigenvalue weighted by Gasteiger charge is -2.31. The van der Waals surface area contributed by atoms with E-state index in [2.05, 4.69) is 20.3 Å². The van der Waals surface area contributed by atoms with Gasteiger partial charge in [-0.2, -0.15) is 4.31 Å². The lowest BCUT2D eigenvalue weighted by Crippen LogP contribution is -2.39. The molecule has 1 saturated heterocycles. The maximum atomic E-state index is 13.2. The lowest BCUT2D eigenvalue weighted by atomic mass is 9.99. The van der Waals surface area contributed by atoms with E-state index in [9.17, 15) is 13.2 Å². The molecule has 1 N–H and O–H groups in total. The number of aromatic amines is 1. The molecule has 12 heteroatoms. The molecule has 34 heavy (non-hydrogen) atoms. The quantitative estimate of drug-likeness (QED) is 0.432. The van der Waals surface area contributed by atoms with Gasteiger partial charge in [0.25, 0.3) is 5.56 Å². The van der Waals surface area contributed by atoms with E-state index < -0.39 is 15.6 Å². The van der Waals surface area contributed by atoms with Crippen molar-refractivity contribution in [2.24, 2.45) is 0 Å². The van der Waals surface area contributed by atoms with E-state index in [-0.39, 0.29) is 22.9 Å². The van der Waals surface area contributed by atoms with Gasteiger partial charge in [0, 0.05) is 29.1 Å². The second-order valence-electron chi connectivity index (χ2n) is 8.16. The fourth-order valence-electron chi connectivity index (χ4n) is 4.11. The first kappa shape index (κ1) is 23.0. The molecule has 1 aliphatic rings. The first-order chi connectivity index (χ1) is 16.3. The Bertz CT molecular complexity index is 1520. The molecule has 3 heterocycles. The van der Waals surface area contributed by atoms with Crippen LogP contribution in [0.3, 0.4) is 0 Å². The molecule has 1 atom stereocenters. The van der Waals surface area contributed by atoms with E-state index in [4.69, 9.17) is 23.2 Å². The summed E-state index contributed by atoms with van der Waals surface area (Å²) in [7, 11) is -3.73. The Morgan fingerprint density at radius 2 is 1.88 bits per heavy atom. The van der Waals surface area contributed by atoms with Crippen molar-refractivity contribution < 1.29 is 8.42 Å². The van der Waals surface area contributed by atoms with Gasteiger partial charge in [-0.15, -0.1) is 5.10 Å². The number of hydrogen-bond acceptors (Lipinski definition) is 6. The van der Waals surface area contributed by atoms with E-state index in [1.54, 1.807) is 28.9 Å². The fourth-order valence-corrected chi connectivity index (χ4v) is 6.06. The molecule has 176 valence electrons. The maximum Gasteiger partial charge on any atom is 0.281 e. The van der Waals surface area contributed by atoms with Crippen molar-refractivity contribution in [1.82, 2.24) is 29.3 Å². The summed E-state index contributed by atoms with van der Waals surface area (Å²) in [5.41, 5.74) is 1.01. The highest BCUT2D eigenvalue weighted by Gasteiger charge is 2.32. The third-order valence-electron chi connectivity index (χ3n) is 5.84. The SMILES string of the molecule is O=c1[nH]c(C2CCCN(S(=O)(=O)c3cccc(Cl)c3)C2)nc2c1nnn2Cc1ccc(Cl)cc1. The van der Waals surface area contributed by atoms with E-state index in [1.165, 1.54) is 16.4 Å². The number of H-pyrrole nitrogens is 1. The van der Waals surface area contributed by atoms with E-state index in [0.717, 1.165) is 5.56 Å². The molecule has 1 unspecified atom stereocenters. The lowest BCUT2D eigenvalue weighted by molar-refractivity contribution is 0.309. The van der Waals surface area contributed by atoms with Crippen LogP contribution >= 0.6 is 23.2 Å². The molecule has 2 aromatic carbocycles. The van der Waals surface area contributed by atoms with E-state index in [0.29, 0.717) is 47.4 Å². The standard InChI is InChI=1S/C22H20Cl2N6O3S/c23-16-8-6-14(7-9-16)12-30-21-19(27-28-30)22(31)26-20(25-21)15-3-2-10-29(13-15)34(32,33)18-5-1-4-17(24)11-18/h1,4-9,11,15H,2-3,10,12-13H2,(H,25,26,31). The van der Waals surface area contributed by atoms with Gasteiger partial charge in [-0.25, -0.2) is 18.1 Å². The second kappa shape index (κ2) is 9.10. The van der Waals surface area contributed by atoms with Gasteiger partial charge in [-0.05, 0) is 48.7 Å². The number of piperidine rings is 1. The van der Waals surface area contributed by atoms with Gasteiger partial charge < -0.3 is 4.98 Å². The van der Waals surface area contributed by atoms with Crippen LogP contribution in [0.4, 0.5) is 0 Å². The zero-order valence-electron chi connectivity index (χ0n) is 17.9. The zero-order chi connectivity index (χ0) is 23.9. The summed E-state index contributed by atoms with van der Waals surface area (Å²) in [6.45, 7) is 0.944. The predicted molar refractivity (Wildman–Crippen MR) is 129 cm³/mol. The molecule has 1 fully saturated rings. The number of benzene rings is 2. The van der Waals surface area contributed by atoms with Gasteiger partial charge >= 0.3 is 0 Å². The Kier molecular flexibility index (Phi) is 6.15. The molecule has 0 bridgehead atoms. The summed E-state index contributed by atoms with van der Waals surface area (Å²) in [6.07, 6.45) is 1.32. The number of sulfonamides is 1. The minimum Gasteiger partial charge on any atom is -0.308 e. The summed E-state index contributed by atoms with van der Waals surface area (Å²) in [5, 5.41) is 9.05. The Hall–Kier alpha value is -2.79. The van der Waals surface area contributed by atoms with Crippen molar-refractivity contribution in [3.8, 4) is 0 Å². The average molecular weight is 519 g/mol. The fraction of sp³-hybridized carbons (Fsp3) is 0.273. The van der Waals surface area contributed by atoms with Gasteiger partial charge in [0.05, 0.1) is 11.4 Å². The number of nitrogens with zero attached hydrogens (tertiary/aromatic N) is 5. The number of halogens is 2. The summed E-state index contributed by atoms with van der Waals surface area (Å²) < 4.78 is 29.3. The van der Waals surface area contributed by atoms with Crippen LogP contribution in [0.25, 0.3) is 11.2 Å². The van der Waals surface area contributed by atoms with Crippen LogP contribution < -0.4 is 5.56 Å². The van der Waals surface area contributed by atoms with Crippen molar-refractivity contribution in [3.05, 3.63) is 80.3 Å². The largest absolute Gasteiger partial charge is 0.308 e. The van der Waals surface area contributed by atoms with E-state index >= 15 is 0 Å². The molecule has 0 radical (unpaired) electrons. The number of hydrogen-bond donors (Lipinski definition) is 1. The molecule has 9 nitrogen and oxygen atoms in total. The monoisotopic (exact) mass is 518 g/mol. The van der Waals surface area contributed by atoms with Crippen molar-refractivity contribution in [2.45, 2.75) is 30.2 Å². The number of rotatable bonds is 5. The van der Waals surface area contributed by atoms with Crippen molar-refractivity contribution in [1.29, 1.82) is 0 Å². The van der Waals surface area contributed by atoms with Gasteiger partial charge in [-0.3, -0.25) is 4.79 Å². The van der Waals surface area contributed by atoms with Crippen LogP contribution in [0.5, 0.6) is 0 Å². The summed E-state index contributed by atoms with van der Waals surface area (Å²) in [5.74, 6) is 0.141. The number of aromatic nitrogens is 5. The molecule has 2 aromatic heterocycles. The Morgan fingerprint density at radius 3 is 2.65 bits per heavy atom. The van der Waals surface area contributed by atoms with Gasteiger partial charge in [0.1, 0.15) is 5.82 Å². The average Bonchev–Trinajstić information content (AvgIpc) is 3.24. The van der Waals surface area contributed by atoms with Crippen LogP contribution in [0.2, 0.25) is 10.0 Å². The molecule has 0 amide bonds. The summed E-state index contributed by atoms with van der Waals surface area (Å²) in [4.78, 5) is 20.3. The third kappa shape index (κ3) is 4.46. The minimum absolute atomic E-state index is 0.136. The molecule has 0 spiro atoms. The minimum atomic E-state index is -3.73. The van der Waals surface area contributed by atoms with E-state index in [1.807, 2.05) is 12.1 Å².